The van der Waals surface area contributed by atoms with Gasteiger partial charge in [0.15, 0.2) is 5.82 Å². The van der Waals surface area contributed by atoms with Crippen LogP contribution in [-0.2, 0) is 13.0 Å². The summed E-state index contributed by atoms with van der Waals surface area (Å²) in [6, 6.07) is 13.7. The Morgan fingerprint density at radius 1 is 1.12 bits per heavy atom. The summed E-state index contributed by atoms with van der Waals surface area (Å²) < 4.78 is 19.8. The van der Waals surface area contributed by atoms with Crippen molar-refractivity contribution >= 4 is 10.9 Å². The van der Waals surface area contributed by atoms with E-state index >= 15 is 0 Å². The van der Waals surface area contributed by atoms with E-state index in [0.29, 0.717) is 29.0 Å². The highest BCUT2D eigenvalue weighted by Crippen LogP contribution is 2.10. The molecule has 0 N–H and O–H groups in total. The van der Waals surface area contributed by atoms with Crippen molar-refractivity contribution in [1.29, 1.82) is 0 Å². The third kappa shape index (κ3) is 3.16. The van der Waals surface area contributed by atoms with Crippen molar-refractivity contribution in [2.24, 2.45) is 0 Å². The highest BCUT2D eigenvalue weighted by Gasteiger charge is 2.10. The number of benzene rings is 2. The molecule has 0 atom stereocenters. The average Bonchev–Trinajstić information content (AvgIpc) is 3.05. The zero-order valence-corrected chi connectivity index (χ0v) is 13.1. The van der Waals surface area contributed by atoms with Crippen LogP contribution in [0.5, 0.6) is 0 Å². The van der Waals surface area contributed by atoms with E-state index in [-0.39, 0.29) is 12.1 Å². The first-order chi connectivity index (χ1) is 12.2. The Labute approximate surface area is 141 Å². The second-order valence-corrected chi connectivity index (χ2v) is 5.61. The summed E-state index contributed by atoms with van der Waals surface area (Å²) >= 11 is 0. The van der Waals surface area contributed by atoms with Crippen LogP contribution in [0, 0.1) is 5.82 Å². The van der Waals surface area contributed by atoms with E-state index in [0.717, 1.165) is 5.56 Å². The van der Waals surface area contributed by atoms with Crippen molar-refractivity contribution in [3.05, 3.63) is 88.3 Å². The van der Waals surface area contributed by atoms with Gasteiger partial charge in [-0.2, -0.15) is 4.98 Å². The Morgan fingerprint density at radius 2 is 1.96 bits per heavy atom. The Balaban J connectivity index is 1.58. The highest BCUT2D eigenvalue weighted by molar-refractivity contribution is 5.77. The van der Waals surface area contributed by atoms with Crippen LogP contribution < -0.4 is 5.56 Å². The molecule has 0 saturated heterocycles. The second-order valence-electron chi connectivity index (χ2n) is 5.61. The van der Waals surface area contributed by atoms with E-state index in [1.807, 2.05) is 30.3 Å². The van der Waals surface area contributed by atoms with Gasteiger partial charge in [-0.1, -0.05) is 35.5 Å². The maximum Gasteiger partial charge on any atom is 0.261 e. The molecule has 25 heavy (non-hydrogen) atoms. The van der Waals surface area contributed by atoms with Crippen molar-refractivity contribution in [3.8, 4) is 0 Å². The van der Waals surface area contributed by atoms with Gasteiger partial charge in [-0.3, -0.25) is 9.36 Å². The predicted molar refractivity (Wildman–Crippen MR) is 88.6 cm³/mol. The number of halogens is 1. The molecule has 0 fully saturated rings. The number of nitrogens with zero attached hydrogens (tertiary/aromatic N) is 4. The minimum Gasteiger partial charge on any atom is -0.339 e. The maximum atomic E-state index is 13.2. The Bertz CT molecular complexity index is 1090. The van der Waals surface area contributed by atoms with E-state index in [2.05, 4.69) is 15.1 Å². The lowest BCUT2D eigenvalue weighted by atomic mass is 10.1. The van der Waals surface area contributed by atoms with Crippen LogP contribution in [-0.4, -0.2) is 19.7 Å². The molecule has 124 valence electrons. The van der Waals surface area contributed by atoms with Crippen molar-refractivity contribution in [2.75, 3.05) is 0 Å². The second kappa shape index (κ2) is 6.27. The van der Waals surface area contributed by atoms with Crippen LogP contribution in [0.25, 0.3) is 10.9 Å². The molecule has 4 aromatic rings. The highest BCUT2D eigenvalue weighted by atomic mass is 19.1. The lowest BCUT2D eigenvalue weighted by molar-refractivity contribution is 0.378. The Hall–Kier alpha value is -3.35. The lowest BCUT2D eigenvalue weighted by Crippen LogP contribution is -2.21. The van der Waals surface area contributed by atoms with Gasteiger partial charge < -0.3 is 4.52 Å². The van der Waals surface area contributed by atoms with Gasteiger partial charge in [-0.15, -0.1) is 0 Å². The zero-order valence-electron chi connectivity index (χ0n) is 13.1. The molecule has 0 aliphatic carbocycles. The zero-order chi connectivity index (χ0) is 17.2. The summed E-state index contributed by atoms with van der Waals surface area (Å²) in [7, 11) is 0. The van der Waals surface area contributed by atoms with Crippen LogP contribution in [0.1, 0.15) is 17.3 Å². The molecule has 0 aliphatic heterocycles. The molecule has 0 radical (unpaired) electrons. The molecule has 0 spiro atoms. The van der Waals surface area contributed by atoms with Crippen LogP contribution in [0.2, 0.25) is 0 Å². The number of aromatic nitrogens is 4. The fourth-order valence-electron chi connectivity index (χ4n) is 2.59. The fraction of sp³-hybridized carbons (Fsp3) is 0.111. The van der Waals surface area contributed by atoms with Gasteiger partial charge in [0.05, 0.1) is 30.2 Å². The molecule has 2 aromatic heterocycles. The van der Waals surface area contributed by atoms with Crippen molar-refractivity contribution < 1.29 is 8.91 Å². The summed E-state index contributed by atoms with van der Waals surface area (Å²) in [6.07, 6.45) is 1.88. The molecule has 4 rings (SSSR count). The third-order valence-electron chi connectivity index (χ3n) is 3.81. The van der Waals surface area contributed by atoms with Gasteiger partial charge in [0, 0.05) is 6.07 Å². The van der Waals surface area contributed by atoms with E-state index in [9.17, 15) is 9.18 Å². The predicted octanol–water partition coefficient (Wildman–Crippen LogP) is 2.56. The van der Waals surface area contributed by atoms with Crippen LogP contribution in [0.3, 0.4) is 0 Å². The molecule has 0 bridgehead atoms. The van der Waals surface area contributed by atoms with Crippen LogP contribution >= 0.6 is 0 Å². The van der Waals surface area contributed by atoms with E-state index in [4.69, 9.17) is 4.52 Å². The van der Waals surface area contributed by atoms with Gasteiger partial charge in [0.25, 0.3) is 5.56 Å². The molecular formula is C18H13FN4O2. The first-order valence-electron chi connectivity index (χ1n) is 7.69. The minimum absolute atomic E-state index is 0.136. The standard InChI is InChI=1S/C18H13FN4O2/c19-13-6-7-14-15(9-13)20-11-23(18(14)24)10-16-21-17(25-22-16)8-12-4-2-1-3-5-12/h1-7,9,11H,8,10H2. The maximum absolute atomic E-state index is 13.2. The molecule has 6 nitrogen and oxygen atoms in total. The lowest BCUT2D eigenvalue weighted by Gasteiger charge is -2.03. The van der Waals surface area contributed by atoms with Gasteiger partial charge in [-0.25, -0.2) is 9.37 Å². The first kappa shape index (κ1) is 15.2. The topological polar surface area (TPSA) is 73.8 Å². The summed E-state index contributed by atoms with van der Waals surface area (Å²) in [4.78, 5) is 20.9. The minimum atomic E-state index is -0.430. The van der Waals surface area contributed by atoms with Gasteiger partial charge in [-0.05, 0) is 17.7 Å². The molecule has 0 unspecified atom stereocenters. The summed E-state index contributed by atoms with van der Waals surface area (Å²) in [5.41, 5.74) is 1.10. The van der Waals surface area contributed by atoms with Gasteiger partial charge in [0.2, 0.25) is 5.89 Å². The SMILES string of the molecule is O=c1c2ccc(F)cc2ncn1Cc1noc(Cc2ccccc2)n1. The number of fused-ring (bicyclic) bond motifs is 1. The van der Waals surface area contributed by atoms with E-state index in [1.165, 1.54) is 29.1 Å². The monoisotopic (exact) mass is 336 g/mol. The largest absolute Gasteiger partial charge is 0.339 e. The molecule has 0 amide bonds. The normalized spacial score (nSPS) is 11.1. The Morgan fingerprint density at radius 3 is 2.80 bits per heavy atom. The number of hydrogen-bond donors (Lipinski definition) is 0. The summed E-state index contributed by atoms with van der Waals surface area (Å²) in [6.45, 7) is 0.136. The van der Waals surface area contributed by atoms with Crippen LogP contribution in [0.15, 0.2) is 64.2 Å². The van der Waals surface area contributed by atoms with Crippen molar-refractivity contribution in [2.45, 2.75) is 13.0 Å². The molecule has 7 heteroatoms. The van der Waals surface area contributed by atoms with Crippen molar-refractivity contribution in [3.63, 3.8) is 0 Å². The molecule has 0 saturated carbocycles. The number of hydrogen-bond acceptors (Lipinski definition) is 5. The quantitative estimate of drug-likeness (QED) is 0.573. The molecule has 0 aliphatic rings. The summed E-state index contributed by atoms with van der Waals surface area (Å²) in [5, 5.41) is 4.25. The van der Waals surface area contributed by atoms with Crippen molar-refractivity contribution in [1.82, 2.24) is 19.7 Å². The van der Waals surface area contributed by atoms with E-state index < -0.39 is 5.82 Å². The number of rotatable bonds is 4. The molecule has 2 heterocycles. The average molecular weight is 336 g/mol. The van der Waals surface area contributed by atoms with Gasteiger partial charge >= 0.3 is 0 Å². The third-order valence-corrected chi connectivity index (χ3v) is 3.81. The first-order valence-corrected chi connectivity index (χ1v) is 7.69. The van der Waals surface area contributed by atoms with E-state index in [1.54, 1.807) is 0 Å². The Kier molecular flexibility index (Phi) is 3.81. The molecular weight excluding hydrogens is 323 g/mol. The van der Waals surface area contributed by atoms with Gasteiger partial charge in [0.1, 0.15) is 5.82 Å². The fourth-order valence-corrected chi connectivity index (χ4v) is 2.59. The molecule has 2 aromatic carbocycles. The summed E-state index contributed by atoms with van der Waals surface area (Å²) in [5.74, 6) is 0.433. The van der Waals surface area contributed by atoms with Crippen LogP contribution in [0.4, 0.5) is 4.39 Å². The smallest absolute Gasteiger partial charge is 0.261 e.